The zero-order chi connectivity index (χ0) is 14.4. The Morgan fingerprint density at radius 3 is 2.55 bits per heavy atom. The molecule has 0 aliphatic carbocycles. The van der Waals surface area contributed by atoms with Gasteiger partial charge in [-0.05, 0) is 24.3 Å². The second-order valence-electron chi connectivity index (χ2n) is 3.99. The molecule has 0 unspecified atom stereocenters. The van der Waals surface area contributed by atoms with Crippen LogP contribution < -0.4 is 4.74 Å². The minimum atomic E-state index is -0.488. The first-order valence-corrected chi connectivity index (χ1v) is 5.96. The topological polar surface area (TPSA) is 29.5 Å². The van der Waals surface area contributed by atoms with Crippen molar-refractivity contribution in [1.82, 2.24) is 0 Å². The van der Waals surface area contributed by atoms with Crippen LogP contribution in [0.1, 0.15) is 11.1 Å². The molecule has 0 radical (unpaired) electrons. The molecule has 0 aliphatic heterocycles. The number of halogens is 2. The Hall–Kier alpha value is -2.38. The van der Waals surface area contributed by atoms with Crippen LogP contribution in [0.15, 0.2) is 42.5 Å². The van der Waals surface area contributed by atoms with Crippen molar-refractivity contribution in [3.8, 4) is 17.6 Å². The first kappa shape index (κ1) is 14.0. The fourth-order valence-corrected chi connectivity index (χ4v) is 1.60. The lowest BCUT2D eigenvalue weighted by Gasteiger charge is -2.08. The fraction of sp³-hybridized carbons (Fsp3) is 0.125. The highest BCUT2D eigenvalue weighted by atomic mass is 19.1. The Bertz CT molecular complexity index is 657. The molecule has 0 heterocycles. The number of hydrogen-bond donors (Lipinski definition) is 1. The van der Waals surface area contributed by atoms with Crippen molar-refractivity contribution in [3.05, 3.63) is 65.2 Å². The van der Waals surface area contributed by atoms with Crippen molar-refractivity contribution in [1.29, 1.82) is 0 Å². The summed E-state index contributed by atoms with van der Waals surface area (Å²) < 4.78 is 32.3. The lowest BCUT2D eigenvalue weighted by atomic mass is 10.1. The largest absolute Gasteiger partial charge is 0.486 e. The van der Waals surface area contributed by atoms with Gasteiger partial charge >= 0.3 is 0 Å². The van der Waals surface area contributed by atoms with Gasteiger partial charge in [-0.2, -0.15) is 0 Å². The highest BCUT2D eigenvalue weighted by molar-refractivity contribution is 5.37. The van der Waals surface area contributed by atoms with Crippen LogP contribution in [0, 0.1) is 23.5 Å². The Kier molecular flexibility index (Phi) is 4.70. The van der Waals surface area contributed by atoms with E-state index in [1.54, 1.807) is 18.2 Å². The molecule has 0 atom stereocenters. The van der Waals surface area contributed by atoms with Gasteiger partial charge < -0.3 is 9.84 Å². The van der Waals surface area contributed by atoms with E-state index in [1.165, 1.54) is 24.3 Å². The van der Waals surface area contributed by atoms with Gasteiger partial charge in [0, 0.05) is 11.1 Å². The Labute approximate surface area is 115 Å². The normalized spacial score (nSPS) is 9.75. The van der Waals surface area contributed by atoms with E-state index in [0.717, 1.165) is 0 Å². The lowest BCUT2D eigenvalue weighted by Crippen LogP contribution is -2.00. The summed E-state index contributed by atoms with van der Waals surface area (Å²) in [4.78, 5) is 0. The van der Waals surface area contributed by atoms with Crippen LogP contribution in [-0.4, -0.2) is 11.7 Å². The first-order chi connectivity index (χ1) is 9.70. The Balaban J connectivity index is 2.09. The van der Waals surface area contributed by atoms with E-state index in [0.29, 0.717) is 11.1 Å². The summed E-state index contributed by atoms with van der Waals surface area (Å²) in [7, 11) is 0. The van der Waals surface area contributed by atoms with Gasteiger partial charge in [-0.25, -0.2) is 8.78 Å². The molecule has 0 amide bonds. The molecule has 0 saturated heterocycles. The van der Waals surface area contributed by atoms with Gasteiger partial charge in [0.25, 0.3) is 0 Å². The summed E-state index contributed by atoms with van der Waals surface area (Å²) in [5.41, 5.74) is 0.772. The molecule has 0 aliphatic rings. The minimum absolute atomic E-state index is 0.0690. The van der Waals surface area contributed by atoms with E-state index in [4.69, 9.17) is 9.84 Å². The van der Waals surface area contributed by atoms with Gasteiger partial charge in [-0.1, -0.05) is 30.0 Å². The minimum Gasteiger partial charge on any atom is -0.486 e. The average Bonchev–Trinajstić information content (AvgIpc) is 2.45. The summed E-state index contributed by atoms with van der Waals surface area (Å²) in [5.74, 6) is 4.15. The first-order valence-electron chi connectivity index (χ1n) is 5.96. The number of aliphatic hydroxyl groups is 1. The third-order valence-corrected chi connectivity index (χ3v) is 2.58. The standard InChI is InChI=1S/C16H12F2O2/c17-14-5-1-2-6-16(14)20-11-13-8-7-12(4-3-9-19)10-15(13)18/h1-2,5-8,10,19H,9,11H2. The Morgan fingerprint density at radius 1 is 1.05 bits per heavy atom. The average molecular weight is 274 g/mol. The molecular formula is C16H12F2O2. The maximum absolute atomic E-state index is 13.8. The predicted molar refractivity (Wildman–Crippen MR) is 71.1 cm³/mol. The lowest BCUT2D eigenvalue weighted by molar-refractivity contribution is 0.285. The van der Waals surface area contributed by atoms with Crippen LogP contribution >= 0.6 is 0 Å². The van der Waals surface area contributed by atoms with E-state index >= 15 is 0 Å². The molecule has 2 rings (SSSR count). The van der Waals surface area contributed by atoms with Gasteiger partial charge in [-0.15, -0.1) is 0 Å². The SMILES string of the molecule is OCC#Cc1ccc(COc2ccccc2F)c(F)c1. The molecule has 0 saturated carbocycles. The predicted octanol–water partition coefficient (Wildman–Crippen LogP) is 2.89. The van der Waals surface area contributed by atoms with Gasteiger partial charge in [0.1, 0.15) is 19.0 Å². The van der Waals surface area contributed by atoms with Crippen molar-refractivity contribution in [2.45, 2.75) is 6.61 Å². The van der Waals surface area contributed by atoms with E-state index in [-0.39, 0.29) is 19.0 Å². The van der Waals surface area contributed by atoms with E-state index in [1.807, 2.05) is 0 Å². The molecule has 2 aromatic rings. The molecule has 0 fully saturated rings. The molecule has 2 nitrogen and oxygen atoms in total. The highest BCUT2D eigenvalue weighted by Gasteiger charge is 2.06. The van der Waals surface area contributed by atoms with Crippen molar-refractivity contribution >= 4 is 0 Å². The summed E-state index contributed by atoms with van der Waals surface area (Å²) in [6.45, 7) is -0.347. The molecule has 4 heteroatoms. The summed E-state index contributed by atoms with van der Waals surface area (Å²) in [6.07, 6.45) is 0. The van der Waals surface area contributed by atoms with Gasteiger partial charge in [0.05, 0.1) is 0 Å². The van der Waals surface area contributed by atoms with E-state index in [9.17, 15) is 8.78 Å². The number of ether oxygens (including phenoxy) is 1. The zero-order valence-electron chi connectivity index (χ0n) is 10.6. The van der Waals surface area contributed by atoms with Crippen LogP contribution in [0.5, 0.6) is 5.75 Å². The smallest absolute Gasteiger partial charge is 0.165 e. The van der Waals surface area contributed by atoms with Crippen LogP contribution in [0.3, 0.4) is 0 Å². The second-order valence-corrected chi connectivity index (χ2v) is 3.99. The summed E-state index contributed by atoms with van der Waals surface area (Å²) in [5, 5.41) is 8.56. The van der Waals surface area contributed by atoms with E-state index in [2.05, 4.69) is 11.8 Å². The molecule has 20 heavy (non-hydrogen) atoms. The van der Waals surface area contributed by atoms with Crippen molar-refractivity contribution in [2.75, 3.05) is 6.61 Å². The quantitative estimate of drug-likeness (QED) is 0.872. The van der Waals surface area contributed by atoms with E-state index < -0.39 is 11.6 Å². The number of hydrogen-bond acceptors (Lipinski definition) is 2. The molecule has 1 N–H and O–H groups in total. The summed E-state index contributed by atoms with van der Waals surface area (Å²) in [6, 6.07) is 10.3. The number of rotatable bonds is 3. The van der Waals surface area contributed by atoms with Gasteiger partial charge in [-0.3, -0.25) is 0 Å². The third-order valence-electron chi connectivity index (χ3n) is 2.58. The van der Waals surface area contributed by atoms with Gasteiger partial charge in [0.2, 0.25) is 0 Å². The number of para-hydroxylation sites is 1. The fourth-order valence-electron chi connectivity index (χ4n) is 1.60. The molecule has 0 aromatic heterocycles. The van der Waals surface area contributed by atoms with Crippen LogP contribution in [0.25, 0.3) is 0 Å². The van der Waals surface area contributed by atoms with Crippen LogP contribution in [0.4, 0.5) is 8.78 Å². The Morgan fingerprint density at radius 2 is 1.85 bits per heavy atom. The molecular weight excluding hydrogens is 262 g/mol. The molecule has 2 aromatic carbocycles. The third kappa shape index (κ3) is 3.56. The van der Waals surface area contributed by atoms with Crippen LogP contribution in [0.2, 0.25) is 0 Å². The molecule has 102 valence electrons. The zero-order valence-corrected chi connectivity index (χ0v) is 10.6. The van der Waals surface area contributed by atoms with Crippen LogP contribution in [-0.2, 0) is 6.61 Å². The van der Waals surface area contributed by atoms with Crippen molar-refractivity contribution < 1.29 is 18.6 Å². The van der Waals surface area contributed by atoms with Crippen molar-refractivity contribution in [2.24, 2.45) is 0 Å². The number of aliphatic hydroxyl groups excluding tert-OH is 1. The van der Waals surface area contributed by atoms with Gasteiger partial charge in [0.15, 0.2) is 11.6 Å². The maximum atomic E-state index is 13.8. The summed E-state index contributed by atoms with van der Waals surface area (Å²) >= 11 is 0. The molecule has 0 bridgehead atoms. The second kappa shape index (κ2) is 6.69. The monoisotopic (exact) mass is 274 g/mol. The van der Waals surface area contributed by atoms with Crippen molar-refractivity contribution in [3.63, 3.8) is 0 Å². The molecule has 0 spiro atoms. The maximum Gasteiger partial charge on any atom is 0.165 e. The highest BCUT2D eigenvalue weighted by Crippen LogP contribution is 2.18. The number of benzene rings is 2.